The number of ether oxygens (including phenoxy) is 1. The van der Waals surface area contributed by atoms with E-state index in [1.807, 2.05) is 0 Å². The molecule has 2 fully saturated rings. The summed E-state index contributed by atoms with van der Waals surface area (Å²) in [6, 6.07) is 4.86. The molecule has 2 atom stereocenters. The third-order valence-corrected chi connectivity index (χ3v) is 8.24. The van der Waals surface area contributed by atoms with Gasteiger partial charge in [0.25, 0.3) is 5.91 Å². The summed E-state index contributed by atoms with van der Waals surface area (Å²) in [6.07, 6.45) is -0.717. The van der Waals surface area contributed by atoms with Gasteiger partial charge < -0.3 is 15.0 Å². The zero-order valence-electron chi connectivity index (χ0n) is 16.5. The van der Waals surface area contributed by atoms with Crippen LogP contribution in [0.1, 0.15) is 20.8 Å². The van der Waals surface area contributed by atoms with E-state index in [-0.39, 0.29) is 29.3 Å². The molecule has 0 aromatic heterocycles. The van der Waals surface area contributed by atoms with Gasteiger partial charge in [0.2, 0.25) is 0 Å². The maximum absolute atomic E-state index is 12.4. The fourth-order valence-electron chi connectivity index (χ4n) is 3.13. The van der Waals surface area contributed by atoms with Crippen LogP contribution < -0.4 is 10.2 Å². The second-order valence-electron chi connectivity index (χ2n) is 7.91. The Kier molecular flexibility index (Phi) is 6.76. The highest BCUT2D eigenvalue weighted by molar-refractivity contribution is 9.10. The molecule has 1 aromatic carbocycles. The van der Waals surface area contributed by atoms with Crippen LogP contribution in [0.15, 0.2) is 27.7 Å². The van der Waals surface area contributed by atoms with E-state index in [1.54, 1.807) is 43.9 Å². The summed E-state index contributed by atoms with van der Waals surface area (Å²) in [5, 5.41) is 2.89. The highest BCUT2D eigenvalue weighted by Crippen LogP contribution is 2.43. The number of thioether (sulfide) groups is 1. The van der Waals surface area contributed by atoms with Crippen LogP contribution in [0, 0.1) is 0 Å². The van der Waals surface area contributed by atoms with Crippen molar-refractivity contribution in [2.24, 2.45) is 4.99 Å². The van der Waals surface area contributed by atoms with Crippen molar-refractivity contribution in [1.29, 1.82) is 0 Å². The van der Waals surface area contributed by atoms with Crippen LogP contribution in [-0.2, 0) is 19.4 Å². The zero-order chi connectivity index (χ0) is 22.3. The molecule has 3 rings (SSSR count). The Balaban J connectivity index is 1.82. The van der Waals surface area contributed by atoms with Gasteiger partial charge in [-0.15, -0.1) is 0 Å². The Morgan fingerprint density at radius 1 is 1.37 bits per heavy atom. The predicted octanol–water partition coefficient (Wildman–Crippen LogP) is 3.23. The molecule has 1 aromatic rings. The largest absolute Gasteiger partial charge is 0.444 e. The summed E-state index contributed by atoms with van der Waals surface area (Å²) in [5.41, 5.74) is -0.109. The molecule has 12 heteroatoms. The van der Waals surface area contributed by atoms with Gasteiger partial charge in [-0.1, -0.05) is 39.3 Å². The molecule has 2 heterocycles. The van der Waals surface area contributed by atoms with Crippen molar-refractivity contribution in [2.45, 2.75) is 37.7 Å². The Labute approximate surface area is 192 Å². The zero-order valence-corrected chi connectivity index (χ0v) is 20.5. The first kappa shape index (κ1) is 23.4. The molecule has 8 nitrogen and oxygen atoms in total. The number of hydrogen-bond donors (Lipinski definition) is 1. The van der Waals surface area contributed by atoms with E-state index in [0.717, 1.165) is 4.47 Å². The van der Waals surface area contributed by atoms with E-state index in [4.69, 9.17) is 16.3 Å². The van der Waals surface area contributed by atoms with Gasteiger partial charge in [0.15, 0.2) is 15.0 Å². The van der Waals surface area contributed by atoms with E-state index in [2.05, 4.69) is 26.2 Å². The predicted molar refractivity (Wildman–Crippen MR) is 122 cm³/mol. The number of sulfone groups is 1. The van der Waals surface area contributed by atoms with Crippen LogP contribution in [0.5, 0.6) is 0 Å². The maximum atomic E-state index is 12.4. The van der Waals surface area contributed by atoms with E-state index < -0.39 is 27.4 Å². The summed E-state index contributed by atoms with van der Waals surface area (Å²) in [6.45, 7) is 4.82. The molecular weight excluding hydrogens is 518 g/mol. The summed E-state index contributed by atoms with van der Waals surface area (Å²) in [5.74, 6) is -0.610. The molecule has 0 aliphatic carbocycles. The number of aliphatic imine (C=N–C) groups is 1. The molecule has 2 aliphatic rings. The number of amides is 2. The molecule has 0 bridgehead atoms. The van der Waals surface area contributed by atoms with Gasteiger partial charge >= 0.3 is 6.09 Å². The highest BCUT2D eigenvalue weighted by atomic mass is 79.9. The number of halogens is 2. The molecule has 0 spiro atoms. The number of fused-ring (bicyclic) bond motifs is 1. The molecule has 0 unspecified atom stereocenters. The van der Waals surface area contributed by atoms with Crippen LogP contribution >= 0.6 is 39.3 Å². The van der Waals surface area contributed by atoms with Crippen molar-refractivity contribution in [1.82, 2.24) is 5.32 Å². The minimum Gasteiger partial charge on any atom is -0.444 e. The van der Waals surface area contributed by atoms with Crippen LogP contribution in [0.3, 0.4) is 0 Å². The van der Waals surface area contributed by atoms with E-state index >= 15 is 0 Å². The number of rotatable bonds is 3. The molecule has 2 amide bonds. The lowest BCUT2D eigenvalue weighted by Crippen LogP contribution is -2.39. The lowest BCUT2D eigenvalue weighted by atomic mass is 10.2. The van der Waals surface area contributed by atoms with Gasteiger partial charge in [-0.2, -0.15) is 4.99 Å². The fourth-order valence-corrected chi connectivity index (χ4v) is 7.82. The summed E-state index contributed by atoms with van der Waals surface area (Å²) >= 11 is 11.0. The van der Waals surface area contributed by atoms with Crippen LogP contribution in [0.4, 0.5) is 10.5 Å². The Morgan fingerprint density at radius 2 is 2.07 bits per heavy atom. The number of nitrogens with one attached hydrogen (secondary N) is 1. The smallest absolute Gasteiger partial charge is 0.408 e. The van der Waals surface area contributed by atoms with Crippen LogP contribution in [-0.4, -0.2) is 60.5 Å². The topological polar surface area (TPSA) is 105 Å². The van der Waals surface area contributed by atoms with E-state index in [9.17, 15) is 18.0 Å². The summed E-state index contributed by atoms with van der Waals surface area (Å²) in [4.78, 5) is 30.0. The molecule has 1 N–H and O–H groups in total. The lowest BCUT2D eigenvalue weighted by Gasteiger charge is -2.25. The molecule has 0 radical (unpaired) electrons. The maximum Gasteiger partial charge on any atom is 0.408 e. The monoisotopic (exact) mass is 537 g/mol. The number of carbonyl (C=O) groups is 2. The Hall–Kier alpha value is -1.30. The SMILES string of the molecule is CC(C)(C)OC(=O)NCC(=O)N=C1S[C@H]2CS(=O)(=O)C[C@H]2N1c1ccc(Br)cc1Cl. The standard InChI is InChI=1S/C18H21BrClN3O5S2/c1-18(2,3)28-17(25)21-7-15(24)22-16-23(12-5-4-10(19)6-11(12)20)13-8-30(26,27)9-14(13)29-16/h4-6,13-14H,7-9H2,1-3H3,(H,21,25)/t13-,14+/m1/s1. The van der Waals surface area contributed by atoms with Crippen molar-refractivity contribution in [3.05, 3.63) is 27.7 Å². The van der Waals surface area contributed by atoms with Crippen molar-refractivity contribution in [3.8, 4) is 0 Å². The first-order chi connectivity index (χ1) is 13.8. The highest BCUT2D eigenvalue weighted by Gasteiger charge is 2.49. The molecule has 30 heavy (non-hydrogen) atoms. The molecular formula is C18H21BrClN3O5S2. The number of amidine groups is 1. The third-order valence-electron chi connectivity index (χ3n) is 4.24. The van der Waals surface area contributed by atoms with Crippen molar-refractivity contribution < 1.29 is 22.7 Å². The average molecular weight is 539 g/mol. The number of carbonyl (C=O) groups excluding carboxylic acids is 2. The molecule has 2 saturated heterocycles. The van der Waals surface area contributed by atoms with Gasteiger partial charge in [0, 0.05) is 9.72 Å². The number of hydrogen-bond acceptors (Lipinski definition) is 6. The van der Waals surface area contributed by atoms with E-state index in [1.165, 1.54) is 11.8 Å². The number of alkyl carbamates (subject to hydrolysis) is 1. The summed E-state index contributed by atoms with van der Waals surface area (Å²) in [7, 11) is -3.19. The second-order valence-corrected chi connectivity index (χ2v) is 12.6. The molecule has 164 valence electrons. The van der Waals surface area contributed by atoms with Gasteiger partial charge in [0.1, 0.15) is 12.1 Å². The Morgan fingerprint density at radius 3 is 2.70 bits per heavy atom. The minimum absolute atomic E-state index is 0.0103. The first-order valence-corrected chi connectivity index (χ1v) is 12.9. The van der Waals surface area contributed by atoms with Crippen molar-refractivity contribution in [3.63, 3.8) is 0 Å². The van der Waals surface area contributed by atoms with Gasteiger partial charge in [-0.3, -0.25) is 4.79 Å². The molecule has 2 aliphatic heterocycles. The number of anilines is 1. The van der Waals surface area contributed by atoms with Crippen LogP contribution in [0.2, 0.25) is 5.02 Å². The number of benzene rings is 1. The van der Waals surface area contributed by atoms with Gasteiger partial charge in [-0.25, -0.2) is 13.2 Å². The first-order valence-electron chi connectivity index (χ1n) is 9.04. The van der Waals surface area contributed by atoms with E-state index in [0.29, 0.717) is 15.9 Å². The lowest BCUT2D eigenvalue weighted by molar-refractivity contribution is -0.117. The van der Waals surface area contributed by atoms with Crippen molar-refractivity contribution in [2.75, 3.05) is 23.0 Å². The Bertz CT molecular complexity index is 1010. The van der Waals surface area contributed by atoms with Crippen molar-refractivity contribution >= 4 is 72.0 Å². The minimum atomic E-state index is -3.19. The number of nitrogens with zero attached hydrogens (tertiary/aromatic N) is 2. The van der Waals surface area contributed by atoms with Gasteiger partial charge in [0.05, 0.1) is 28.3 Å². The second kappa shape index (κ2) is 8.68. The van der Waals surface area contributed by atoms with Crippen LogP contribution in [0.25, 0.3) is 0 Å². The molecule has 0 saturated carbocycles. The quantitative estimate of drug-likeness (QED) is 0.630. The van der Waals surface area contributed by atoms with Gasteiger partial charge in [-0.05, 0) is 39.0 Å². The normalized spacial score (nSPS) is 24.0. The average Bonchev–Trinajstić information content (AvgIpc) is 3.03. The summed E-state index contributed by atoms with van der Waals surface area (Å²) < 4.78 is 30.1. The fraction of sp³-hybridized carbons (Fsp3) is 0.500. The third kappa shape index (κ3) is 5.68.